The van der Waals surface area contributed by atoms with E-state index < -0.39 is 17.7 Å². The molecule has 0 fully saturated rings. The van der Waals surface area contributed by atoms with Crippen LogP contribution in [0.15, 0.2) is 46.9 Å². The second kappa shape index (κ2) is 7.14. The molecule has 1 nitrogen and oxygen atoms in total. The van der Waals surface area contributed by atoms with Crippen molar-refractivity contribution in [2.24, 2.45) is 0 Å². The Hall–Kier alpha value is -1.26. The van der Waals surface area contributed by atoms with Gasteiger partial charge in [-0.3, -0.25) is 0 Å². The van der Waals surface area contributed by atoms with Crippen molar-refractivity contribution in [1.82, 2.24) is 5.32 Å². The van der Waals surface area contributed by atoms with E-state index in [1.54, 1.807) is 0 Å². The third-order valence-electron chi connectivity index (χ3n) is 3.64. The first-order chi connectivity index (χ1) is 10.1. The van der Waals surface area contributed by atoms with Gasteiger partial charge in [-0.1, -0.05) is 44.2 Å². The van der Waals surface area contributed by atoms with Crippen LogP contribution in [0.3, 0.4) is 0 Å². The molecule has 2 atom stereocenters. The van der Waals surface area contributed by atoms with Gasteiger partial charge < -0.3 is 5.32 Å². The van der Waals surface area contributed by atoms with E-state index in [-0.39, 0.29) is 16.0 Å². The standard InChI is InChI=1S/C17H18BrF2N/c1-3-21-17(11(2)12-7-5-4-6-8-12)15-14(19)10-9-13(18)16(15)20/h4-11,17,21H,3H2,1-2H3. The van der Waals surface area contributed by atoms with Crippen molar-refractivity contribution in [1.29, 1.82) is 0 Å². The molecule has 0 aromatic heterocycles. The summed E-state index contributed by atoms with van der Waals surface area (Å²) in [5.41, 5.74) is 1.13. The molecule has 0 aliphatic heterocycles. The molecule has 0 heterocycles. The molecule has 0 saturated heterocycles. The minimum Gasteiger partial charge on any atom is -0.310 e. The average Bonchev–Trinajstić information content (AvgIpc) is 2.50. The molecule has 0 spiro atoms. The molecule has 1 N–H and O–H groups in total. The summed E-state index contributed by atoms with van der Waals surface area (Å²) in [5.74, 6) is -1.11. The number of halogens is 3. The number of hydrogen-bond donors (Lipinski definition) is 1. The van der Waals surface area contributed by atoms with Crippen molar-refractivity contribution >= 4 is 15.9 Å². The van der Waals surface area contributed by atoms with Crippen LogP contribution in [0, 0.1) is 11.6 Å². The average molecular weight is 354 g/mol. The highest BCUT2D eigenvalue weighted by atomic mass is 79.9. The summed E-state index contributed by atoms with van der Waals surface area (Å²) in [6.45, 7) is 4.54. The number of nitrogens with one attached hydrogen (secondary N) is 1. The zero-order valence-electron chi connectivity index (χ0n) is 12.0. The first-order valence-electron chi connectivity index (χ1n) is 6.98. The monoisotopic (exact) mass is 353 g/mol. The second-order valence-electron chi connectivity index (χ2n) is 4.99. The molecule has 21 heavy (non-hydrogen) atoms. The Morgan fingerprint density at radius 2 is 1.76 bits per heavy atom. The van der Waals surface area contributed by atoms with Crippen molar-refractivity contribution in [2.45, 2.75) is 25.8 Å². The van der Waals surface area contributed by atoms with Gasteiger partial charge in [0.25, 0.3) is 0 Å². The molecular formula is C17H18BrF2N. The topological polar surface area (TPSA) is 12.0 Å². The Labute approximate surface area is 132 Å². The van der Waals surface area contributed by atoms with E-state index in [0.29, 0.717) is 6.54 Å². The quantitative estimate of drug-likeness (QED) is 0.730. The van der Waals surface area contributed by atoms with E-state index >= 15 is 0 Å². The summed E-state index contributed by atoms with van der Waals surface area (Å²) in [4.78, 5) is 0. The SMILES string of the molecule is CCNC(c1c(F)ccc(Br)c1F)C(C)c1ccccc1. The van der Waals surface area contributed by atoms with Gasteiger partial charge in [0.15, 0.2) is 0 Å². The summed E-state index contributed by atoms with van der Waals surface area (Å²) in [6.07, 6.45) is 0. The number of likely N-dealkylation sites (N-methyl/N-ethyl adjacent to an activating group) is 1. The van der Waals surface area contributed by atoms with Gasteiger partial charge in [-0.05, 0) is 40.2 Å². The second-order valence-corrected chi connectivity index (χ2v) is 5.85. The lowest BCUT2D eigenvalue weighted by Crippen LogP contribution is -2.27. The van der Waals surface area contributed by atoms with Gasteiger partial charge in [0.1, 0.15) is 11.6 Å². The van der Waals surface area contributed by atoms with Crippen LogP contribution in [-0.2, 0) is 0 Å². The zero-order chi connectivity index (χ0) is 15.4. The summed E-state index contributed by atoms with van der Waals surface area (Å²) in [5, 5.41) is 3.21. The van der Waals surface area contributed by atoms with Gasteiger partial charge in [-0.2, -0.15) is 0 Å². The predicted molar refractivity (Wildman–Crippen MR) is 85.3 cm³/mol. The maximum absolute atomic E-state index is 14.4. The predicted octanol–water partition coefficient (Wildman–Crippen LogP) is 5.18. The molecule has 0 saturated carbocycles. The van der Waals surface area contributed by atoms with E-state index in [9.17, 15) is 8.78 Å². The van der Waals surface area contributed by atoms with Crippen molar-refractivity contribution in [3.63, 3.8) is 0 Å². The molecule has 0 amide bonds. The maximum atomic E-state index is 14.4. The molecule has 0 aliphatic rings. The maximum Gasteiger partial charge on any atom is 0.145 e. The highest BCUT2D eigenvalue weighted by molar-refractivity contribution is 9.10. The van der Waals surface area contributed by atoms with Crippen LogP contribution in [0.2, 0.25) is 0 Å². The fraction of sp³-hybridized carbons (Fsp3) is 0.294. The van der Waals surface area contributed by atoms with E-state index in [1.165, 1.54) is 12.1 Å². The van der Waals surface area contributed by atoms with Gasteiger partial charge in [0.2, 0.25) is 0 Å². The molecule has 2 unspecified atom stereocenters. The van der Waals surface area contributed by atoms with Crippen molar-refractivity contribution < 1.29 is 8.78 Å². The van der Waals surface area contributed by atoms with Crippen LogP contribution in [0.5, 0.6) is 0 Å². The molecule has 4 heteroatoms. The Bertz CT molecular complexity index is 601. The largest absolute Gasteiger partial charge is 0.310 e. The highest BCUT2D eigenvalue weighted by Gasteiger charge is 2.27. The third-order valence-corrected chi connectivity index (χ3v) is 4.25. The lowest BCUT2D eigenvalue weighted by Gasteiger charge is -2.26. The van der Waals surface area contributed by atoms with Crippen molar-refractivity contribution in [3.8, 4) is 0 Å². The van der Waals surface area contributed by atoms with E-state index in [4.69, 9.17) is 0 Å². The summed E-state index contributed by atoms with van der Waals surface area (Å²) in [7, 11) is 0. The number of rotatable bonds is 5. The molecule has 2 aromatic rings. The Morgan fingerprint density at radius 1 is 1.10 bits per heavy atom. The van der Waals surface area contributed by atoms with Gasteiger partial charge in [-0.25, -0.2) is 8.78 Å². The fourth-order valence-electron chi connectivity index (χ4n) is 2.53. The van der Waals surface area contributed by atoms with Gasteiger partial charge in [0, 0.05) is 17.5 Å². The Balaban J connectivity index is 2.47. The minimum atomic E-state index is -0.538. The fourth-order valence-corrected chi connectivity index (χ4v) is 2.87. The molecule has 0 bridgehead atoms. The summed E-state index contributed by atoms with van der Waals surface area (Å²) < 4.78 is 28.8. The smallest absolute Gasteiger partial charge is 0.145 e. The van der Waals surface area contributed by atoms with Crippen LogP contribution >= 0.6 is 15.9 Å². The number of benzene rings is 2. The van der Waals surface area contributed by atoms with Crippen LogP contribution in [0.25, 0.3) is 0 Å². The highest BCUT2D eigenvalue weighted by Crippen LogP contribution is 2.35. The third kappa shape index (κ3) is 3.50. The lowest BCUT2D eigenvalue weighted by molar-refractivity contribution is 0.429. The zero-order valence-corrected chi connectivity index (χ0v) is 13.6. The summed E-state index contributed by atoms with van der Waals surface area (Å²) in [6, 6.07) is 12.0. The molecule has 0 radical (unpaired) electrons. The first-order valence-corrected chi connectivity index (χ1v) is 7.77. The molecule has 112 valence electrons. The first kappa shape index (κ1) is 16.1. The van der Waals surface area contributed by atoms with Gasteiger partial charge in [-0.15, -0.1) is 0 Å². The molecular weight excluding hydrogens is 336 g/mol. The van der Waals surface area contributed by atoms with Crippen LogP contribution < -0.4 is 5.32 Å². The molecule has 2 aromatic carbocycles. The van der Waals surface area contributed by atoms with Gasteiger partial charge >= 0.3 is 0 Å². The Morgan fingerprint density at radius 3 is 2.38 bits per heavy atom. The normalized spacial score (nSPS) is 14.0. The van der Waals surface area contributed by atoms with E-state index in [0.717, 1.165) is 5.56 Å². The lowest BCUT2D eigenvalue weighted by atomic mass is 9.88. The Kier molecular flexibility index (Phi) is 5.48. The van der Waals surface area contributed by atoms with Crippen LogP contribution in [0.1, 0.15) is 36.9 Å². The van der Waals surface area contributed by atoms with Crippen molar-refractivity contribution in [3.05, 3.63) is 69.7 Å². The summed E-state index contributed by atoms with van der Waals surface area (Å²) >= 11 is 3.14. The van der Waals surface area contributed by atoms with E-state index in [2.05, 4.69) is 21.2 Å². The number of hydrogen-bond acceptors (Lipinski definition) is 1. The molecule has 0 aliphatic carbocycles. The molecule has 2 rings (SSSR count). The van der Waals surface area contributed by atoms with Crippen LogP contribution in [0.4, 0.5) is 8.78 Å². The van der Waals surface area contributed by atoms with Crippen LogP contribution in [-0.4, -0.2) is 6.54 Å². The minimum absolute atomic E-state index is 0.0514. The van der Waals surface area contributed by atoms with E-state index in [1.807, 2.05) is 44.2 Å². The van der Waals surface area contributed by atoms with Crippen molar-refractivity contribution in [2.75, 3.05) is 6.54 Å². The van der Waals surface area contributed by atoms with Gasteiger partial charge in [0.05, 0.1) is 4.47 Å².